The molecule has 3 aromatic rings. The Bertz CT molecular complexity index is 944. The Hall–Kier alpha value is -1.89. The van der Waals surface area contributed by atoms with Gasteiger partial charge in [-0.25, -0.2) is 0 Å². The Labute approximate surface area is 173 Å². The highest BCUT2D eigenvalue weighted by Crippen LogP contribution is 2.37. The lowest BCUT2D eigenvalue weighted by molar-refractivity contribution is 0.208. The van der Waals surface area contributed by atoms with Crippen molar-refractivity contribution in [1.82, 2.24) is 19.7 Å². The van der Waals surface area contributed by atoms with Crippen LogP contribution in [0.15, 0.2) is 35.0 Å². The lowest BCUT2D eigenvalue weighted by atomic mass is 9.95. The fourth-order valence-corrected chi connectivity index (χ4v) is 5.07. The molecule has 2 aliphatic rings. The summed E-state index contributed by atoms with van der Waals surface area (Å²) in [7, 11) is 0. The minimum Gasteiger partial charge on any atom is -0.490 e. The third kappa shape index (κ3) is 3.56. The van der Waals surface area contributed by atoms with E-state index in [1.165, 1.54) is 5.56 Å². The second-order valence-electron chi connectivity index (χ2n) is 7.52. The van der Waals surface area contributed by atoms with Crippen molar-refractivity contribution >= 4 is 22.9 Å². The molecule has 0 unspecified atom stereocenters. The predicted octanol–water partition coefficient (Wildman–Crippen LogP) is 4.47. The van der Waals surface area contributed by atoms with Crippen LogP contribution in [0.3, 0.4) is 0 Å². The predicted molar refractivity (Wildman–Crippen MR) is 112 cm³/mol. The molecule has 7 heteroatoms. The first-order chi connectivity index (χ1) is 13.8. The molecule has 1 saturated heterocycles. The van der Waals surface area contributed by atoms with Crippen molar-refractivity contribution in [2.75, 3.05) is 26.2 Å². The second-order valence-corrected chi connectivity index (χ2v) is 8.70. The van der Waals surface area contributed by atoms with Gasteiger partial charge in [0.05, 0.1) is 12.1 Å². The lowest BCUT2D eigenvalue weighted by Crippen LogP contribution is -2.35. The van der Waals surface area contributed by atoms with Gasteiger partial charge in [-0.3, -0.25) is 0 Å². The number of likely N-dealkylation sites (tertiary alicyclic amines) is 1. The molecule has 0 spiro atoms. The molecule has 146 valence electrons. The summed E-state index contributed by atoms with van der Waals surface area (Å²) in [5.41, 5.74) is 2.43. The Balaban J connectivity index is 1.23. The maximum Gasteiger partial charge on any atom is 0.168 e. The van der Waals surface area contributed by atoms with E-state index in [1.807, 2.05) is 12.1 Å². The highest BCUT2D eigenvalue weighted by Gasteiger charge is 2.28. The SMILES string of the molecule is Clc1ccc(CCN2CCC(c3nnc4n3CCOc3cscc3-4)CC2)cc1. The van der Waals surface area contributed by atoms with Gasteiger partial charge >= 0.3 is 0 Å². The number of benzene rings is 1. The maximum absolute atomic E-state index is 5.98. The fourth-order valence-electron chi connectivity index (χ4n) is 4.20. The third-order valence-corrected chi connectivity index (χ3v) is 6.78. The van der Waals surface area contributed by atoms with Gasteiger partial charge in [-0.15, -0.1) is 21.5 Å². The number of rotatable bonds is 4. The molecule has 0 bridgehead atoms. The van der Waals surface area contributed by atoms with Crippen LogP contribution in [-0.4, -0.2) is 45.9 Å². The zero-order valence-corrected chi connectivity index (χ0v) is 17.3. The smallest absolute Gasteiger partial charge is 0.168 e. The molecule has 28 heavy (non-hydrogen) atoms. The molecular formula is C21H23ClN4OS. The highest BCUT2D eigenvalue weighted by molar-refractivity contribution is 7.08. The number of hydrogen-bond acceptors (Lipinski definition) is 5. The van der Waals surface area contributed by atoms with Gasteiger partial charge in [-0.1, -0.05) is 23.7 Å². The first kappa shape index (κ1) is 18.2. The largest absolute Gasteiger partial charge is 0.490 e. The van der Waals surface area contributed by atoms with Crippen molar-refractivity contribution < 1.29 is 4.74 Å². The Morgan fingerprint density at radius 3 is 2.71 bits per heavy atom. The summed E-state index contributed by atoms with van der Waals surface area (Å²) < 4.78 is 8.16. The first-order valence-electron chi connectivity index (χ1n) is 9.87. The number of halogens is 1. The molecule has 1 fully saturated rings. The second kappa shape index (κ2) is 7.85. The molecular weight excluding hydrogens is 392 g/mol. The van der Waals surface area contributed by atoms with E-state index in [2.05, 4.69) is 42.6 Å². The molecule has 2 aromatic heterocycles. The van der Waals surface area contributed by atoms with Crippen LogP contribution in [0.4, 0.5) is 0 Å². The van der Waals surface area contributed by atoms with Gasteiger partial charge in [0.15, 0.2) is 5.82 Å². The summed E-state index contributed by atoms with van der Waals surface area (Å²) in [6.45, 7) is 4.83. The zero-order chi connectivity index (χ0) is 18.9. The van der Waals surface area contributed by atoms with Crippen LogP contribution in [0.1, 0.15) is 30.1 Å². The van der Waals surface area contributed by atoms with E-state index in [0.717, 1.165) is 73.4 Å². The topological polar surface area (TPSA) is 43.2 Å². The third-order valence-electron chi connectivity index (χ3n) is 5.80. The standard InChI is InChI=1S/C21H23ClN4OS/c22-17-3-1-15(2-4-17)5-8-25-9-6-16(7-10-25)20-23-24-21-18-13-28-14-19(18)27-12-11-26(20)21/h1-4,13-14,16H,5-12H2. The highest BCUT2D eigenvalue weighted by atomic mass is 35.5. The molecule has 0 radical (unpaired) electrons. The van der Waals surface area contributed by atoms with Crippen LogP contribution in [-0.2, 0) is 13.0 Å². The summed E-state index contributed by atoms with van der Waals surface area (Å²) in [6, 6.07) is 8.20. The van der Waals surface area contributed by atoms with E-state index in [-0.39, 0.29) is 0 Å². The van der Waals surface area contributed by atoms with Gasteiger partial charge in [0, 0.05) is 28.2 Å². The van der Waals surface area contributed by atoms with Crippen molar-refractivity contribution in [2.45, 2.75) is 31.7 Å². The van der Waals surface area contributed by atoms with Crippen molar-refractivity contribution in [3.05, 3.63) is 51.4 Å². The summed E-state index contributed by atoms with van der Waals surface area (Å²) in [5.74, 6) is 3.52. The van der Waals surface area contributed by atoms with Crippen molar-refractivity contribution in [3.63, 3.8) is 0 Å². The van der Waals surface area contributed by atoms with E-state index >= 15 is 0 Å². The number of thiophene rings is 1. The maximum atomic E-state index is 5.98. The van der Waals surface area contributed by atoms with E-state index in [9.17, 15) is 0 Å². The van der Waals surface area contributed by atoms with Crippen molar-refractivity contribution in [2.24, 2.45) is 0 Å². The molecule has 0 amide bonds. The van der Waals surface area contributed by atoms with Gasteiger partial charge in [0.2, 0.25) is 0 Å². The lowest BCUT2D eigenvalue weighted by Gasteiger charge is -2.31. The molecule has 4 heterocycles. The number of hydrogen-bond donors (Lipinski definition) is 0. The van der Waals surface area contributed by atoms with Gasteiger partial charge in [-0.2, -0.15) is 0 Å². The van der Waals surface area contributed by atoms with Gasteiger partial charge in [0.25, 0.3) is 0 Å². The van der Waals surface area contributed by atoms with Crippen LogP contribution < -0.4 is 4.74 Å². The van der Waals surface area contributed by atoms with E-state index in [1.54, 1.807) is 11.3 Å². The summed E-state index contributed by atoms with van der Waals surface area (Å²) in [4.78, 5) is 2.56. The minimum absolute atomic E-state index is 0.480. The quantitative estimate of drug-likeness (QED) is 0.631. The Morgan fingerprint density at radius 1 is 1.07 bits per heavy atom. The van der Waals surface area contributed by atoms with Gasteiger partial charge in [-0.05, 0) is 50.0 Å². The van der Waals surface area contributed by atoms with Gasteiger partial charge < -0.3 is 14.2 Å². The van der Waals surface area contributed by atoms with Crippen LogP contribution >= 0.6 is 22.9 Å². The monoisotopic (exact) mass is 414 g/mol. The van der Waals surface area contributed by atoms with Crippen molar-refractivity contribution in [1.29, 1.82) is 0 Å². The molecule has 2 aliphatic heterocycles. The average molecular weight is 415 g/mol. The number of ether oxygens (including phenoxy) is 1. The zero-order valence-electron chi connectivity index (χ0n) is 15.7. The molecule has 1 aromatic carbocycles. The summed E-state index contributed by atoms with van der Waals surface area (Å²) in [6.07, 6.45) is 3.34. The molecule has 5 nitrogen and oxygen atoms in total. The van der Waals surface area contributed by atoms with Crippen LogP contribution in [0.2, 0.25) is 5.02 Å². The fraction of sp³-hybridized carbons (Fsp3) is 0.429. The number of piperidine rings is 1. The number of fused-ring (bicyclic) bond motifs is 3. The number of nitrogens with zero attached hydrogens (tertiary/aromatic N) is 4. The summed E-state index contributed by atoms with van der Waals surface area (Å²) >= 11 is 7.63. The van der Waals surface area contributed by atoms with Crippen molar-refractivity contribution in [3.8, 4) is 17.1 Å². The molecule has 0 saturated carbocycles. The first-order valence-corrected chi connectivity index (χ1v) is 11.2. The Kier molecular flexibility index (Phi) is 5.09. The van der Waals surface area contributed by atoms with Crippen LogP contribution in [0.25, 0.3) is 11.4 Å². The van der Waals surface area contributed by atoms with E-state index < -0.39 is 0 Å². The van der Waals surface area contributed by atoms with Crippen LogP contribution in [0, 0.1) is 0 Å². The molecule has 5 rings (SSSR count). The summed E-state index contributed by atoms with van der Waals surface area (Å²) in [5, 5.41) is 14.1. The van der Waals surface area contributed by atoms with E-state index in [4.69, 9.17) is 16.3 Å². The van der Waals surface area contributed by atoms with Crippen LogP contribution in [0.5, 0.6) is 5.75 Å². The van der Waals surface area contributed by atoms with Gasteiger partial charge in [0.1, 0.15) is 18.2 Å². The average Bonchev–Trinajstić information content (AvgIpc) is 3.32. The molecule has 0 atom stereocenters. The minimum atomic E-state index is 0.480. The normalized spacial score (nSPS) is 17.6. The number of aromatic nitrogens is 3. The van der Waals surface area contributed by atoms with E-state index in [0.29, 0.717) is 12.5 Å². The molecule has 0 aliphatic carbocycles. The molecule has 0 N–H and O–H groups in total. The Morgan fingerprint density at radius 2 is 1.89 bits per heavy atom.